The molecule has 1 N–H and O–H groups in total. The van der Waals surface area contributed by atoms with Gasteiger partial charge in [-0.1, -0.05) is 36.4 Å². The maximum absolute atomic E-state index is 3.59. The van der Waals surface area contributed by atoms with E-state index in [9.17, 15) is 0 Å². The Balaban J connectivity index is 2.17. The van der Waals surface area contributed by atoms with Crippen LogP contribution in [0, 0.1) is 11.3 Å². The molecule has 1 aliphatic carbocycles. The van der Waals surface area contributed by atoms with Crippen molar-refractivity contribution in [3.63, 3.8) is 0 Å². The maximum atomic E-state index is 3.59. The summed E-state index contributed by atoms with van der Waals surface area (Å²) in [6, 6.07) is 0. The Morgan fingerprint density at radius 3 is 2.67 bits per heavy atom. The first-order chi connectivity index (χ1) is 5.61. The van der Waals surface area contributed by atoms with E-state index in [4.69, 9.17) is 0 Å². The van der Waals surface area contributed by atoms with Crippen LogP contribution in [-0.4, -0.2) is 16.5 Å². The van der Waals surface area contributed by atoms with Crippen LogP contribution in [-0.2, 0) is 0 Å². The fourth-order valence-electron chi connectivity index (χ4n) is 2.84. The molecule has 2 aliphatic rings. The van der Waals surface area contributed by atoms with Gasteiger partial charge in [0.2, 0.25) is 0 Å². The highest BCUT2D eigenvalue weighted by Crippen LogP contribution is 2.57. The van der Waals surface area contributed by atoms with E-state index in [1.54, 1.807) is 0 Å². The standard InChI is InChI=1S/C10H18IN/c1-3-9(2)6-12-7-10(11)5-4-8(9)10/h8,12H,3-7H2,1-2H3. The molecule has 0 amide bonds. The fraction of sp³-hybridized carbons (Fsp3) is 1.00. The lowest BCUT2D eigenvalue weighted by Crippen LogP contribution is -2.62. The third kappa shape index (κ3) is 1.14. The molecule has 2 heteroatoms. The van der Waals surface area contributed by atoms with E-state index in [2.05, 4.69) is 41.8 Å². The molecular formula is C10H18IN. The molecule has 1 nitrogen and oxygen atoms in total. The van der Waals surface area contributed by atoms with Crippen molar-refractivity contribution in [1.82, 2.24) is 5.32 Å². The van der Waals surface area contributed by atoms with E-state index < -0.39 is 0 Å². The molecule has 2 fully saturated rings. The van der Waals surface area contributed by atoms with Gasteiger partial charge in [0.25, 0.3) is 0 Å². The van der Waals surface area contributed by atoms with Crippen molar-refractivity contribution in [2.45, 2.75) is 36.5 Å². The van der Waals surface area contributed by atoms with Gasteiger partial charge in [-0.2, -0.15) is 0 Å². The van der Waals surface area contributed by atoms with E-state index in [1.165, 1.54) is 32.4 Å². The van der Waals surface area contributed by atoms with Crippen molar-refractivity contribution in [2.24, 2.45) is 11.3 Å². The number of halogens is 1. The van der Waals surface area contributed by atoms with Crippen molar-refractivity contribution in [2.75, 3.05) is 13.1 Å². The number of hydrogen-bond acceptors (Lipinski definition) is 1. The number of fused-ring (bicyclic) bond motifs is 1. The van der Waals surface area contributed by atoms with Crippen LogP contribution in [0.15, 0.2) is 0 Å². The van der Waals surface area contributed by atoms with Crippen LogP contribution in [0.25, 0.3) is 0 Å². The summed E-state index contributed by atoms with van der Waals surface area (Å²) in [6.07, 6.45) is 4.23. The Hall–Kier alpha value is 0.690. The zero-order chi connectivity index (χ0) is 8.82. The summed E-state index contributed by atoms with van der Waals surface area (Å²) in [4.78, 5) is 0. The van der Waals surface area contributed by atoms with E-state index in [0.29, 0.717) is 8.84 Å². The van der Waals surface area contributed by atoms with Gasteiger partial charge in [0.1, 0.15) is 0 Å². The first kappa shape index (κ1) is 9.25. The number of piperidine rings is 1. The second-order valence-electron chi connectivity index (χ2n) is 4.74. The quantitative estimate of drug-likeness (QED) is 0.574. The minimum absolute atomic E-state index is 0.581. The van der Waals surface area contributed by atoms with Gasteiger partial charge in [-0.05, 0) is 30.6 Å². The average Bonchev–Trinajstić information content (AvgIpc) is 2.00. The number of rotatable bonds is 1. The molecular weight excluding hydrogens is 261 g/mol. The van der Waals surface area contributed by atoms with Gasteiger partial charge >= 0.3 is 0 Å². The predicted octanol–water partition coefficient (Wildman–Crippen LogP) is 2.59. The van der Waals surface area contributed by atoms with Crippen LogP contribution in [0.3, 0.4) is 0 Å². The van der Waals surface area contributed by atoms with Gasteiger partial charge in [0, 0.05) is 16.5 Å². The second-order valence-corrected chi connectivity index (χ2v) is 6.89. The molecule has 0 spiro atoms. The molecule has 12 heavy (non-hydrogen) atoms. The Morgan fingerprint density at radius 2 is 2.25 bits per heavy atom. The summed E-state index contributed by atoms with van der Waals surface area (Å²) in [6.45, 7) is 7.27. The summed E-state index contributed by atoms with van der Waals surface area (Å²) in [5, 5.41) is 3.59. The smallest absolute Gasteiger partial charge is 0.0380 e. The maximum Gasteiger partial charge on any atom is 0.0380 e. The van der Waals surface area contributed by atoms with Gasteiger partial charge < -0.3 is 5.32 Å². The van der Waals surface area contributed by atoms with Gasteiger partial charge in [0.15, 0.2) is 0 Å². The lowest BCUT2D eigenvalue weighted by Gasteiger charge is -2.58. The molecule has 1 heterocycles. The largest absolute Gasteiger partial charge is 0.315 e. The van der Waals surface area contributed by atoms with Crippen molar-refractivity contribution in [3.05, 3.63) is 0 Å². The normalized spacial score (nSPS) is 52.8. The highest BCUT2D eigenvalue weighted by atomic mass is 127. The fourth-order valence-corrected chi connectivity index (χ4v) is 4.48. The van der Waals surface area contributed by atoms with Crippen LogP contribution in [0.2, 0.25) is 0 Å². The topological polar surface area (TPSA) is 12.0 Å². The second kappa shape index (κ2) is 2.84. The SMILES string of the molecule is CCC1(C)CNCC2(I)CCC12. The lowest BCUT2D eigenvalue weighted by molar-refractivity contribution is 0.0273. The number of hydrogen-bond donors (Lipinski definition) is 1. The van der Waals surface area contributed by atoms with Crippen LogP contribution >= 0.6 is 22.6 Å². The van der Waals surface area contributed by atoms with Gasteiger partial charge in [0.05, 0.1) is 0 Å². The molecule has 0 radical (unpaired) electrons. The highest BCUT2D eigenvalue weighted by molar-refractivity contribution is 14.1. The first-order valence-corrected chi connectivity index (χ1v) is 6.08. The van der Waals surface area contributed by atoms with E-state index in [0.717, 1.165) is 5.92 Å². The molecule has 1 saturated heterocycles. The van der Waals surface area contributed by atoms with Gasteiger partial charge in [-0.15, -0.1) is 0 Å². The van der Waals surface area contributed by atoms with Crippen LogP contribution in [0.1, 0.15) is 33.1 Å². The number of alkyl halides is 1. The third-order valence-electron chi connectivity index (χ3n) is 4.07. The van der Waals surface area contributed by atoms with Crippen LogP contribution in [0.5, 0.6) is 0 Å². The molecule has 0 aromatic heterocycles. The average molecular weight is 279 g/mol. The summed E-state index contributed by atoms with van der Waals surface area (Å²) in [5.74, 6) is 0.983. The highest BCUT2D eigenvalue weighted by Gasteiger charge is 2.54. The molecule has 3 unspecified atom stereocenters. The lowest BCUT2D eigenvalue weighted by atomic mass is 9.57. The zero-order valence-corrected chi connectivity index (χ0v) is 10.1. The summed E-state index contributed by atoms with van der Waals surface area (Å²) in [7, 11) is 0. The minimum Gasteiger partial charge on any atom is -0.315 e. The number of nitrogens with one attached hydrogen (secondary N) is 1. The first-order valence-electron chi connectivity index (χ1n) is 5.00. The van der Waals surface area contributed by atoms with E-state index >= 15 is 0 Å². The molecule has 1 aliphatic heterocycles. The van der Waals surface area contributed by atoms with Crippen molar-refractivity contribution >= 4 is 22.6 Å². The van der Waals surface area contributed by atoms with Crippen molar-refractivity contribution < 1.29 is 0 Å². The molecule has 70 valence electrons. The molecule has 0 bridgehead atoms. The van der Waals surface area contributed by atoms with Crippen LogP contribution < -0.4 is 5.32 Å². The molecule has 0 aromatic carbocycles. The van der Waals surface area contributed by atoms with Gasteiger partial charge in [-0.25, -0.2) is 0 Å². The molecule has 0 aromatic rings. The van der Waals surface area contributed by atoms with E-state index in [-0.39, 0.29) is 0 Å². The van der Waals surface area contributed by atoms with Crippen molar-refractivity contribution in [3.8, 4) is 0 Å². The Bertz CT molecular complexity index is 194. The molecule has 1 saturated carbocycles. The summed E-state index contributed by atoms with van der Waals surface area (Å²) >= 11 is 2.69. The predicted molar refractivity (Wildman–Crippen MR) is 60.7 cm³/mol. The minimum atomic E-state index is 0.581. The molecule has 2 rings (SSSR count). The van der Waals surface area contributed by atoms with Gasteiger partial charge in [-0.3, -0.25) is 0 Å². The van der Waals surface area contributed by atoms with Crippen LogP contribution in [0.4, 0.5) is 0 Å². The monoisotopic (exact) mass is 279 g/mol. The summed E-state index contributed by atoms with van der Waals surface area (Å²) in [5.41, 5.74) is 0.581. The zero-order valence-electron chi connectivity index (χ0n) is 7.99. The Kier molecular flexibility index (Phi) is 2.19. The van der Waals surface area contributed by atoms with Crippen molar-refractivity contribution in [1.29, 1.82) is 0 Å². The Labute approximate surface area is 88.8 Å². The third-order valence-corrected chi connectivity index (χ3v) is 5.74. The molecule has 3 atom stereocenters. The Morgan fingerprint density at radius 1 is 1.50 bits per heavy atom. The van der Waals surface area contributed by atoms with E-state index in [1.807, 2.05) is 0 Å². The summed E-state index contributed by atoms with van der Waals surface area (Å²) < 4.78 is 0.612.